The van der Waals surface area contributed by atoms with Gasteiger partial charge in [0.25, 0.3) is 5.91 Å². The third-order valence-electron chi connectivity index (χ3n) is 3.65. The third kappa shape index (κ3) is 2.96. The van der Waals surface area contributed by atoms with Gasteiger partial charge >= 0.3 is 0 Å². The number of carbonyl (C=O) groups excluding carboxylic acids is 1. The fourth-order valence-electron chi connectivity index (χ4n) is 2.43. The van der Waals surface area contributed by atoms with Crippen LogP contribution in [0.4, 0.5) is 0 Å². The van der Waals surface area contributed by atoms with Gasteiger partial charge in [-0.05, 0) is 18.2 Å². The largest absolute Gasteiger partial charge is 0.497 e. The van der Waals surface area contributed by atoms with Crippen molar-refractivity contribution in [1.29, 1.82) is 0 Å². The summed E-state index contributed by atoms with van der Waals surface area (Å²) in [6, 6.07) is 11.0. The van der Waals surface area contributed by atoms with E-state index in [1.165, 1.54) is 0 Å². The maximum atomic E-state index is 12.4. The predicted molar refractivity (Wildman–Crippen MR) is 86.8 cm³/mol. The second kappa shape index (κ2) is 6.39. The first-order valence-corrected chi connectivity index (χ1v) is 7.14. The second-order valence-corrected chi connectivity index (χ2v) is 5.00. The van der Waals surface area contributed by atoms with Crippen LogP contribution in [0.3, 0.4) is 0 Å². The van der Waals surface area contributed by atoms with E-state index in [1.807, 2.05) is 24.3 Å². The van der Waals surface area contributed by atoms with Crippen LogP contribution >= 0.6 is 0 Å². The van der Waals surface area contributed by atoms with Crippen molar-refractivity contribution in [3.63, 3.8) is 0 Å². The van der Waals surface area contributed by atoms with Gasteiger partial charge in [0.2, 0.25) is 0 Å². The molecule has 0 atom stereocenters. The molecule has 0 aliphatic heterocycles. The fraction of sp³-hybridized carbons (Fsp3) is 0.176. The van der Waals surface area contributed by atoms with Gasteiger partial charge in [0.05, 0.1) is 31.5 Å². The molecule has 118 valence electrons. The highest BCUT2D eigenvalue weighted by Gasteiger charge is 2.12. The first-order valence-electron chi connectivity index (χ1n) is 7.14. The van der Waals surface area contributed by atoms with Gasteiger partial charge in [-0.3, -0.25) is 9.89 Å². The summed E-state index contributed by atoms with van der Waals surface area (Å²) < 4.78 is 10.5. The molecule has 2 N–H and O–H groups in total. The van der Waals surface area contributed by atoms with Crippen molar-refractivity contribution in [2.75, 3.05) is 14.2 Å². The summed E-state index contributed by atoms with van der Waals surface area (Å²) in [5.74, 6) is 1.21. The minimum absolute atomic E-state index is 0.169. The lowest BCUT2D eigenvalue weighted by Gasteiger charge is -2.11. The minimum Gasteiger partial charge on any atom is -0.497 e. The van der Waals surface area contributed by atoms with E-state index in [0.29, 0.717) is 23.6 Å². The van der Waals surface area contributed by atoms with Gasteiger partial charge in [-0.15, -0.1) is 0 Å². The SMILES string of the molecule is COc1ccc(CNC(=O)c2cccc3cn[nH]c23)c(OC)c1. The number of hydrogen-bond acceptors (Lipinski definition) is 4. The molecule has 0 aliphatic rings. The zero-order chi connectivity index (χ0) is 16.2. The number of carbonyl (C=O) groups is 1. The Hall–Kier alpha value is -3.02. The van der Waals surface area contributed by atoms with E-state index in [2.05, 4.69) is 15.5 Å². The van der Waals surface area contributed by atoms with E-state index in [9.17, 15) is 4.79 Å². The van der Waals surface area contributed by atoms with Crippen LogP contribution in [0.15, 0.2) is 42.6 Å². The minimum atomic E-state index is -0.169. The highest BCUT2D eigenvalue weighted by Crippen LogP contribution is 2.24. The number of aromatic nitrogens is 2. The van der Waals surface area contributed by atoms with E-state index in [4.69, 9.17) is 9.47 Å². The van der Waals surface area contributed by atoms with Crippen molar-refractivity contribution < 1.29 is 14.3 Å². The Bertz CT molecular complexity index is 842. The average molecular weight is 311 g/mol. The van der Waals surface area contributed by atoms with Gasteiger partial charge in [-0.2, -0.15) is 5.10 Å². The lowest BCUT2D eigenvalue weighted by Crippen LogP contribution is -2.23. The van der Waals surface area contributed by atoms with Crippen molar-refractivity contribution in [2.24, 2.45) is 0 Å². The molecular weight excluding hydrogens is 294 g/mol. The van der Waals surface area contributed by atoms with Crippen molar-refractivity contribution in [1.82, 2.24) is 15.5 Å². The quantitative estimate of drug-likeness (QED) is 0.759. The Kier molecular flexibility index (Phi) is 4.14. The Balaban J connectivity index is 1.78. The van der Waals surface area contributed by atoms with Gasteiger partial charge in [0, 0.05) is 23.6 Å². The molecule has 0 unspecified atom stereocenters. The van der Waals surface area contributed by atoms with Crippen LogP contribution < -0.4 is 14.8 Å². The number of methoxy groups -OCH3 is 2. The Morgan fingerprint density at radius 2 is 2.09 bits per heavy atom. The highest BCUT2D eigenvalue weighted by atomic mass is 16.5. The lowest BCUT2D eigenvalue weighted by molar-refractivity contribution is 0.0952. The summed E-state index contributed by atoms with van der Waals surface area (Å²) in [6.07, 6.45) is 1.69. The molecule has 3 aromatic rings. The fourth-order valence-corrected chi connectivity index (χ4v) is 2.43. The van der Waals surface area contributed by atoms with Gasteiger partial charge in [-0.25, -0.2) is 0 Å². The standard InChI is InChI=1S/C17H17N3O3/c1-22-13-7-6-11(15(8-13)23-2)9-18-17(21)14-5-3-4-12-10-19-20-16(12)14/h3-8,10H,9H2,1-2H3,(H,18,21)(H,19,20). The van der Waals surface area contributed by atoms with Crippen LogP contribution in [0.25, 0.3) is 10.9 Å². The van der Waals surface area contributed by atoms with Crippen LogP contribution in [-0.2, 0) is 6.54 Å². The molecule has 1 amide bonds. The third-order valence-corrected chi connectivity index (χ3v) is 3.65. The Morgan fingerprint density at radius 3 is 2.87 bits per heavy atom. The molecule has 6 nitrogen and oxygen atoms in total. The first kappa shape index (κ1) is 14.9. The molecule has 0 spiro atoms. The number of para-hydroxylation sites is 1. The van der Waals surface area contributed by atoms with Crippen molar-refractivity contribution in [2.45, 2.75) is 6.54 Å². The topological polar surface area (TPSA) is 76.2 Å². The lowest BCUT2D eigenvalue weighted by atomic mass is 10.1. The number of amides is 1. The number of benzene rings is 2. The maximum absolute atomic E-state index is 12.4. The molecule has 1 aromatic heterocycles. The molecule has 0 radical (unpaired) electrons. The molecule has 0 saturated carbocycles. The molecule has 0 saturated heterocycles. The second-order valence-electron chi connectivity index (χ2n) is 5.00. The van der Waals surface area contributed by atoms with Crippen LogP contribution in [0.1, 0.15) is 15.9 Å². The van der Waals surface area contributed by atoms with Crippen LogP contribution in [0.2, 0.25) is 0 Å². The monoisotopic (exact) mass is 311 g/mol. The summed E-state index contributed by atoms with van der Waals surface area (Å²) in [7, 11) is 3.19. The molecule has 6 heteroatoms. The summed E-state index contributed by atoms with van der Waals surface area (Å²) in [4.78, 5) is 12.4. The van der Waals surface area contributed by atoms with Crippen LogP contribution in [0.5, 0.6) is 11.5 Å². The normalized spacial score (nSPS) is 10.5. The summed E-state index contributed by atoms with van der Waals surface area (Å²) >= 11 is 0. The molecule has 3 rings (SSSR count). The van der Waals surface area contributed by atoms with Gasteiger partial charge in [0.1, 0.15) is 11.5 Å². The number of nitrogens with one attached hydrogen (secondary N) is 2. The van der Waals surface area contributed by atoms with E-state index in [0.717, 1.165) is 16.5 Å². The van der Waals surface area contributed by atoms with E-state index in [1.54, 1.807) is 32.5 Å². The Labute approximate surface area is 133 Å². The van der Waals surface area contributed by atoms with Crippen molar-refractivity contribution in [3.05, 3.63) is 53.7 Å². The molecule has 0 aliphatic carbocycles. The first-order chi connectivity index (χ1) is 11.2. The highest BCUT2D eigenvalue weighted by molar-refractivity contribution is 6.05. The molecule has 0 bridgehead atoms. The number of ether oxygens (including phenoxy) is 2. The molecular formula is C17H17N3O3. The van der Waals surface area contributed by atoms with Crippen molar-refractivity contribution >= 4 is 16.8 Å². The van der Waals surface area contributed by atoms with E-state index in [-0.39, 0.29) is 5.91 Å². The predicted octanol–water partition coefficient (Wildman–Crippen LogP) is 2.51. The van der Waals surface area contributed by atoms with Crippen LogP contribution in [0, 0.1) is 0 Å². The average Bonchev–Trinajstić information content (AvgIpc) is 3.08. The smallest absolute Gasteiger partial charge is 0.253 e. The van der Waals surface area contributed by atoms with Gasteiger partial charge in [0.15, 0.2) is 0 Å². The number of nitrogens with zero attached hydrogens (tertiary/aromatic N) is 1. The zero-order valence-electron chi connectivity index (χ0n) is 12.9. The maximum Gasteiger partial charge on any atom is 0.253 e. The Morgan fingerprint density at radius 1 is 1.22 bits per heavy atom. The van der Waals surface area contributed by atoms with Crippen LogP contribution in [-0.4, -0.2) is 30.3 Å². The molecule has 1 heterocycles. The number of hydrogen-bond donors (Lipinski definition) is 2. The number of aromatic amines is 1. The van der Waals surface area contributed by atoms with E-state index < -0.39 is 0 Å². The number of H-pyrrole nitrogens is 1. The zero-order valence-corrected chi connectivity index (χ0v) is 12.9. The summed E-state index contributed by atoms with van der Waals surface area (Å²) in [6.45, 7) is 0.358. The van der Waals surface area contributed by atoms with E-state index >= 15 is 0 Å². The summed E-state index contributed by atoms with van der Waals surface area (Å²) in [5.41, 5.74) is 2.16. The number of rotatable bonds is 5. The van der Waals surface area contributed by atoms with Gasteiger partial charge < -0.3 is 14.8 Å². The van der Waals surface area contributed by atoms with Gasteiger partial charge in [-0.1, -0.05) is 12.1 Å². The molecule has 23 heavy (non-hydrogen) atoms. The molecule has 2 aromatic carbocycles. The number of fused-ring (bicyclic) bond motifs is 1. The molecule has 0 fully saturated rings. The summed E-state index contributed by atoms with van der Waals surface area (Å²) in [5, 5.41) is 10.6. The van der Waals surface area contributed by atoms with Crippen molar-refractivity contribution in [3.8, 4) is 11.5 Å².